The number of nitrogens with one attached hydrogen (secondary N) is 1. The Hall–Kier alpha value is -1.33. The maximum atomic E-state index is 8.94. The Morgan fingerprint density at radius 2 is 2.17 bits per heavy atom. The second-order valence-electron chi connectivity index (χ2n) is 4.47. The first-order chi connectivity index (χ1) is 8.85. The second-order valence-corrected chi connectivity index (χ2v) is 5.74. The molecule has 94 valence electrons. The van der Waals surface area contributed by atoms with Crippen molar-refractivity contribution < 1.29 is 5.11 Å². The van der Waals surface area contributed by atoms with Crippen LogP contribution in [0, 0.1) is 0 Å². The van der Waals surface area contributed by atoms with Gasteiger partial charge in [-0.2, -0.15) is 0 Å². The van der Waals surface area contributed by atoms with Gasteiger partial charge in [-0.3, -0.25) is 5.10 Å². The number of aryl methyl sites for hydroxylation is 1. The van der Waals surface area contributed by atoms with Crippen LogP contribution in [-0.2, 0) is 19.4 Å². The first-order valence-electron chi connectivity index (χ1n) is 6.10. The molecule has 0 fully saturated rings. The fourth-order valence-corrected chi connectivity index (χ4v) is 3.37. The van der Waals surface area contributed by atoms with Crippen LogP contribution in [0.4, 0.5) is 0 Å². The van der Waals surface area contributed by atoms with E-state index in [0.29, 0.717) is 11.1 Å². The summed E-state index contributed by atoms with van der Waals surface area (Å²) in [5, 5.41) is 17.0. The van der Waals surface area contributed by atoms with Crippen LogP contribution in [0.1, 0.15) is 23.4 Å². The van der Waals surface area contributed by atoms with Crippen LogP contribution in [0.25, 0.3) is 0 Å². The molecule has 0 radical (unpaired) electrons. The maximum absolute atomic E-state index is 8.94. The van der Waals surface area contributed by atoms with Crippen molar-refractivity contribution in [3.05, 3.63) is 41.2 Å². The third kappa shape index (κ3) is 2.42. The lowest BCUT2D eigenvalue weighted by atomic mass is 9.92. The number of nitrogens with zero attached hydrogens (tertiary/aromatic N) is 2. The van der Waals surface area contributed by atoms with Crippen LogP contribution in [0.5, 0.6) is 0 Å². The Labute approximate surface area is 110 Å². The molecule has 3 rings (SSSR count). The van der Waals surface area contributed by atoms with Crippen LogP contribution >= 0.6 is 11.8 Å². The molecule has 18 heavy (non-hydrogen) atoms. The molecule has 2 aromatic rings. The summed E-state index contributed by atoms with van der Waals surface area (Å²) in [6.45, 7) is -0.0823. The fourth-order valence-electron chi connectivity index (χ4n) is 2.32. The Morgan fingerprint density at radius 1 is 1.33 bits per heavy atom. The van der Waals surface area contributed by atoms with Crippen molar-refractivity contribution in [2.45, 2.75) is 36.3 Å². The van der Waals surface area contributed by atoms with Crippen molar-refractivity contribution in [1.82, 2.24) is 15.2 Å². The van der Waals surface area contributed by atoms with E-state index in [4.69, 9.17) is 5.11 Å². The summed E-state index contributed by atoms with van der Waals surface area (Å²) >= 11 is 1.70. The second kappa shape index (κ2) is 5.12. The average Bonchev–Trinajstić information content (AvgIpc) is 2.86. The number of H-pyrrole nitrogens is 1. The van der Waals surface area contributed by atoms with Crippen molar-refractivity contribution in [2.24, 2.45) is 0 Å². The number of hydrogen-bond acceptors (Lipinski definition) is 4. The summed E-state index contributed by atoms with van der Waals surface area (Å²) in [6.07, 6.45) is 3.36. The van der Waals surface area contributed by atoms with E-state index >= 15 is 0 Å². The molecule has 1 unspecified atom stereocenters. The lowest BCUT2D eigenvalue weighted by Crippen LogP contribution is -2.16. The van der Waals surface area contributed by atoms with Gasteiger partial charge in [0.15, 0.2) is 5.82 Å². The first-order valence-corrected chi connectivity index (χ1v) is 6.98. The Kier molecular flexibility index (Phi) is 3.34. The summed E-state index contributed by atoms with van der Waals surface area (Å²) in [5.74, 6) is 0.536. The van der Waals surface area contributed by atoms with Gasteiger partial charge in [-0.25, -0.2) is 4.98 Å². The van der Waals surface area contributed by atoms with Crippen molar-refractivity contribution in [3.8, 4) is 0 Å². The smallest absolute Gasteiger partial charge is 0.208 e. The van der Waals surface area contributed by atoms with Gasteiger partial charge in [0, 0.05) is 5.25 Å². The average molecular weight is 261 g/mol. The van der Waals surface area contributed by atoms with Gasteiger partial charge in [0.05, 0.1) is 0 Å². The van der Waals surface area contributed by atoms with Crippen molar-refractivity contribution in [3.63, 3.8) is 0 Å². The van der Waals surface area contributed by atoms with Crippen LogP contribution in [0.3, 0.4) is 0 Å². The van der Waals surface area contributed by atoms with Crippen LogP contribution in [0.15, 0.2) is 29.4 Å². The number of hydrogen-bond donors (Lipinski definition) is 2. The summed E-state index contributed by atoms with van der Waals surface area (Å²) in [6, 6.07) is 8.63. The normalized spacial score (nSPS) is 18.6. The molecular formula is C13H15N3OS. The molecule has 0 saturated heterocycles. The van der Waals surface area contributed by atoms with Crippen molar-refractivity contribution in [2.75, 3.05) is 0 Å². The first kappa shape index (κ1) is 11.7. The lowest BCUT2D eigenvalue weighted by molar-refractivity contribution is 0.271. The van der Waals surface area contributed by atoms with Gasteiger partial charge in [-0.1, -0.05) is 36.0 Å². The molecule has 2 N–H and O–H groups in total. The van der Waals surface area contributed by atoms with E-state index < -0.39 is 0 Å². The Morgan fingerprint density at radius 3 is 2.94 bits per heavy atom. The molecule has 1 aliphatic carbocycles. The van der Waals surface area contributed by atoms with Gasteiger partial charge in [0.2, 0.25) is 5.16 Å². The van der Waals surface area contributed by atoms with Gasteiger partial charge >= 0.3 is 0 Å². The molecule has 0 aliphatic heterocycles. The maximum Gasteiger partial charge on any atom is 0.208 e. The molecule has 0 bridgehead atoms. The van der Waals surface area contributed by atoms with Gasteiger partial charge in [0.1, 0.15) is 6.61 Å². The van der Waals surface area contributed by atoms with E-state index in [1.807, 2.05) is 0 Å². The minimum Gasteiger partial charge on any atom is -0.388 e. The molecule has 4 nitrogen and oxygen atoms in total. The number of rotatable bonds is 3. The summed E-state index contributed by atoms with van der Waals surface area (Å²) in [4.78, 5) is 4.23. The highest BCUT2D eigenvalue weighted by atomic mass is 32.2. The highest BCUT2D eigenvalue weighted by Gasteiger charge is 2.20. The quantitative estimate of drug-likeness (QED) is 0.886. The standard InChI is InChI=1S/C13H15N3OS/c17-8-12-14-13(16-15-12)18-11-6-5-9-3-1-2-4-10(9)7-11/h1-4,11,17H,5-8H2,(H,14,15,16). The molecule has 1 aromatic heterocycles. The Balaban J connectivity index is 1.69. The molecule has 1 aromatic carbocycles. The van der Waals surface area contributed by atoms with Crippen LogP contribution in [0.2, 0.25) is 0 Å². The minimum atomic E-state index is -0.0823. The molecule has 0 amide bonds. The number of aromatic amines is 1. The number of fused-ring (bicyclic) bond motifs is 1. The zero-order chi connectivity index (χ0) is 12.4. The molecule has 5 heteroatoms. The SMILES string of the molecule is OCc1nc(SC2CCc3ccccc3C2)n[nH]1. The molecule has 1 aliphatic rings. The van der Waals surface area contributed by atoms with Crippen LogP contribution < -0.4 is 0 Å². The van der Waals surface area contributed by atoms with E-state index in [0.717, 1.165) is 24.4 Å². The van der Waals surface area contributed by atoms with Gasteiger partial charge in [-0.05, 0) is 30.4 Å². The number of aromatic nitrogens is 3. The van der Waals surface area contributed by atoms with Gasteiger partial charge < -0.3 is 5.11 Å². The van der Waals surface area contributed by atoms with Gasteiger partial charge in [-0.15, -0.1) is 5.10 Å². The predicted molar refractivity (Wildman–Crippen MR) is 70.4 cm³/mol. The molecule has 0 saturated carbocycles. The highest BCUT2D eigenvalue weighted by Crippen LogP contribution is 2.31. The van der Waals surface area contributed by atoms with E-state index in [2.05, 4.69) is 39.4 Å². The summed E-state index contributed by atoms with van der Waals surface area (Å²) in [5.41, 5.74) is 2.92. The zero-order valence-electron chi connectivity index (χ0n) is 9.97. The zero-order valence-corrected chi connectivity index (χ0v) is 10.8. The third-order valence-electron chi connectivity index (χ3n) is 3.23. The minimum absolute atomic E-state index is 0.0823. The summed E-state index contributed by atoms with van der Waals surface area (Å²) in [7, 11) is 0. The largest absolute Gasteiger partial charge is 0.388 e. The van der Waals surface area contributed by atoms with E-state index in [1.54, 1.807) is 11.8 Å². The van der Waals surface area contributed by atoms with E-state index in [1.165, 1.54) is 11.1 Å². The summed E-state index contributed by atoms with van der Waals surface area (Å²) < 4.78 is 0. The topological polar surface area (TPSA) is 61.8 Å². The van der Waals surface area contributed by atoms with E-state index in [-0.39, 0.29) is 6.61 Å². The number of aliphatic hydroxyl groups excluding tert-OH is 1. The number of benzene rings is 1. The predicted octanol–water partition coefficient (Wildman–Crippen LogP) is 1.95. The van der Waals surface area contributed by atoms with Crippen molar-refractivity contribution >= 4 is 11.8 Å². The monoisotopic (exact) mass is 261 g/mol. The lowest BCUT2D eigenvalue weighted by Gasteiger charge is -2.22. The van der Waals surface area contributed by atoms with E-state index in [9.17, 15) is 0 Å². The molecule has 1 atom stereocenters. The Bertz CT molecular complexity index is 541. The molecular weight excluding hydrogens is 246 g/mol. The third-order valence-corrected chi connectivity index (χ3v) is 4.36. The van der Waals surface area contributed by atoms with Gasteiger partial charge in [0.25, 0.3) is 0 Å². The van der Waals surface area contributed by atoms with Crippen molar-refractivity contribution in [1.29, 1.82) is 0 Å². The molecule has 1 heterocycles. The highest BCUT2D eigenvalue weighted by molar-refractivity contribution is 7.99. The molecule has 0 spiro atoms. The number of aliphatic hydroxyl groups is 1. The number of thioether (sulfide) groups is 1. The van der Waals surface area contributed by atoms with Crippen LogP contribution in [-0.4, -0.2) is 25.5 Å². The fraction of sp³-hybridized carbons (Fsp3) is 0.385.